The van der Waals surface area contributed by atoms with Crippen LogP contribution in [0.2, 0.25) is 0 Å². The Morgan fingerprint density at radius 3 is 2.31 bits per heavy atom. The number of fused-ring (bicyclic) bond motifs is 1. The highest BCUT2D eigenvalue weighted by atomic mass is 19.1. The zero-order valence-electron chi connectivity index (χ0n) is 14.8. The van der Waals surface area contributed by atoms with E-state index in [2.05, 4.69) is 16.9 Å². The van der Waals surface area contributed by atoms with E-state index in [1.165, 1.54) is 0 Å². The molecule has 1 aliphatic carbocycles. The number of imidazole rings is 1. The van der Waals surface area contributed by atoms with E-state index in [4.69, 9.17) is 0 Å². The van der Waals surface area contributed by atoms with Crippen molar-refractivity contribution in [1.29, 1.82) is 0 Å². The predicted molar refractivity (Wildman–Crippen MR) is 93.4 cm³/mol. The fourth-order valence-electron chi connectivity index (χ4n) is 4.03. The summed E-state index contributed by atoms with van der Waals surface area (Å²) in [6, 6.07) is 1.45. The van der Waals surface area contributed by atoms with Crippen molar-refractivity contribution in [1.82, 2.24) is 14.4 Å². The van der Waals surface area contributed by atoms with Crippen LogP contribution >= 0.6 is 0 Å². The van der Waals surface area contributed by atoms with Gasteiger partial charge in [-0.15, -0.1) is 0 Å². The van der Waals surface area contributed by atoms with Gasteiger partial charge in [0.15, 0.2) is 0 Å². The number of aryl methyl sites for hydroxylation is 1. The number of halogens is 3. The van der Waals surface area contributed by atoms with Crippen LogP contribution in [-0.2, 0) is 0 Å². The highest BCUT2D eigenvalue weighted by Gasteiger charge is 2.28. The maximum absolute atomic E-state index is 14.6. The van der Waals surface area contributed by atoms with Gasteiger partial charge in [-0.05, 0) is 25.7 Å². The lowest BCUT2D eigenvalue weighted by molar-refractivity contribution is 0.344. The standard InChI is InChI=1S/C20H20F3N3/c1-11-3-5-13(6-4-11)19-17(12(2)26-8-7-24-20(26)25-19)18-15(22)9-14(21)10-16(18)23/h7-11,13H,3-6H2,1-2H3. The number of aromatic nitrogens is 3. The van der Waals surface area contributed by atoms with Gasteiger partial charge in [0.05, 0.1) is 11.3 Å². The molecule has 0 spiro atoms. The SMILES string of the molecule is Cc1c(-c2c(F)cc(F)cc2F)c(C2CCC(C)CC2)nc2nccn12. The second kappa shape index (κ2) is 6.41. The number of hydrogen-bond donors (Lipinski definition) is 0. The van der Waals surface area contributed by atoms with Crippen molar-refractivity contribution in [2.75, 3.05) is 0 Å². The van der Waals surface area contributed by atoms with Gasteiger partial charge in [0, 0.05) is 41.7 Å². The molecule has 2 heterocycles. The minimum absolute atomic E-state index is 0.116. The molecule has 1 fully saturated rings. The minimum atomic E-state index is -0.925. The van der Waals surface area contributed by atoms with E-state index in [0.717, 1.165) is 37.8 Å². The molecule has 1 aromatic carbocycles. The van der Waals surface area contributed by atoms with Crippen LogP contribution in [0.5, 0.6) is 0 Å². The predicted octanol–water partition coefficient (Wildman–Crippen LogP) is 5.42. The monoisotopic (exact) mass is 359 g/mol. The second-order valence-corrected chi connectivity index (χ2v) is 7.26. The van der Waals surface area contributed by atoms with Crippen LogP contribution in [0.3, 0.4) is 0 Å². The lowest BCUT2D eigenvalue weighted by atomic mass is 9.79. The van der Waals surface area contributed by atoms with Gasteiger partial charge in [0.2, 0.25) is 5.78 Å². The van der Waals surface area contributed by atoms with Gasteiger partial charge in [-0.3, -0.25) is 4.40 Å². The summed E-state index contributed by atoms with van der Waals surface area (Å²) in [6.45, 7) is 4.01. The first-order chi connectivity index (χ1) is 12.5. The largest absolute Gasteiger partial charge is 0.288 e. The first kappa shape index (κ1) is 17.1. The first-order valence-electron chi connectivity index (χ1n) is 8.94. The molecular weight excluding hydrogens is 339 g/mol. The van der Waals surface area contributed by atoms with Crippen LogP contribution in [0.1, 0.15) is 49.9 Å². The normalized spacial score (nSPS) is 20.7. The van der Waals surface area contributed by atoms with E-state index in [-0.39, 0.29) is 11.5 Å². The van der Waals surface area contributed by atoms with E-state index >= 15 is 0 Å². The van der Waals surface area contributed by atoms with Crippen LogP contribution in [0.15, 0.2) is 24.5 Å². The molecule has 0 aliphatic heterocycles. The summed E-state index contributed by atoms with van der Waals surface area (Å²) in [5, 5.41) is 0. The summed E-state index contributed by atoms with van der Waals surface area (Å²) in [5.41, 5.74) is 1.54. The molecule has 0 radical (unpaired) electrons. The molecule has 0 atom stereocenters. The number of rotatable bonds is 2. The van der Waals surface area contributed by atoms with Crippen molar-refractivity contribution in [2.24, 2.45) is 5.92 Å². The van der Waals surface area contributed by atoms with E-state index in [0.29, 0.717) is 28.6 Å². The Hall–Kier alpha value is -2.37. The Morgan fingerprint density at radius 2 is 1.65 bits per heavy atom. The molecule has 2 aromatic heterocycles. The van der Waals surface area contributed by atoms with Crippen LogP contribution in [0, 0.1) is 30.3 Å². The van der Waals surface area contributed by atoms with E-state index in [9.17, 15) is 13.2 Å². The first-order valence-corrected chi connectivity index (χ1v) is 8.94. The summed E-state index contributed by atoms with van der Waals surface area (Å²) in [7, 11) is 0. The van der Waals surface area contributed by atoms with Crippen molar-refractivity contribution >= 4 is 5.78 Å². The lowest BCUT2D eigenvalue weighted by Crippen LogP contribution is -2.15. The molecule has 0 bridgehead atoms. The molecule has 0 unspecified atom stereocenters. The highest BCUT2D eigenvalue weighted by Crippen LogP contribution is 2.41. The van der Waals surface area contributed by atoms with Crippen molar-refractivity contribution < 1.29 is 13.2 Å². The van der Waals surface area contributed by atoms with Gasteiger partial charge in [0.25, 0.3) is 0 Å². The van der Waals surface area contributed by atoms with Crippen LogP contribution in [0.4, 0.5) is 13.2 Å². The third kappa shape index (κ3) is 2.77. The third-order valence-corrected chi connectivity index (χ3v) is 5.48. The summed E-state index contributed by atoms with van der Waals surface area (Å²) >= 11 is 0. The third-order valence-electron chi connectivity index (χ3n) is 5.48. The van der Waals surface area contributed by atoms with Crippen molar-refractivity contribution in [3.8, 4) is 11.1 Å². The Balaban J connectivity index is 1.98. The zero-order chi connectivity index (χ0) is 18.4. The van der Waals surface area contributed by atoms with E-state index in [1.54, 1.807) is 23.7 Å². The maximum Gasteiger partial charge on any atom is 0.234 e. The highest BCUT2D eigenvalue weighted by molar-refractivity contribution is 5.71. The fourth-order valence-corrected chi connectivity index (χ4v) is 4.03. The Labute approximate surface area is 149 Å². The zero-order valence-corrected chi connectivity index (χ0v) is 14.8. The van der Waals surface area contributed by atoms with E-state index < -0.39 is 17.5 Å². The summed E-state index contributed by atoms with van der Waals surface area (Å²) < 4.78 is 44.3. The molecule has 1 saturated carbocycles. The second-order valence-electron chi connectivity index (χ2n) is 7.26. The van der Waals surface area contributed by atoms with E-state index in [1.807, 2.05) is 0 Å². The Kier molecular flexibility index (Phi) is 4.21. The maximum atomic E-state index is 14.6. The van der Waals surface area contributed by atoms with Crippen molar-refractivity contribution in [2.45, 2.75) is 45.4 Å². The van der Waals surface area contributed by atoms with Gasteiger partial charge in [-0.25, -0.2) is 23.1 Å². The molecule has 0 N–H and O–H groups in total. The topological polar surface area (TPSA) is 30.2 Å². The molecule has 26 heavy (non-hydrogen) atoms. The molecule has 0 saturated heterocycles. The summed E-state index contributed by atoms with van der Waals surface area (Å²) in [5.74, 6) is -1.46. The molecule has 6 heteroatoms. The molecule has 136 valence electrons. The van der Waals surface area contributed by atoms with Crippen molar-refractivity contribution in [3.05, 3.63) is 53.4 Å². The van der Waals surface area contributed by atoms with Gasteiger partial charge in [-0.2, -0.15) is 0 Å². The van der Waals surface area contributed by atoms with Crippen LogP contribution < -0.4 is 0 Å². The Bertz CT molecular complexity index is 949. The quantitative estimate of drug-likeness (QED) is 0.612. The number of hydrogen-bond acceptors (Lipinski definition) is 2. The van der Waals surface area contributed by atoms with Gasteiger partial charge >= 0.3 is 0 Å². The molecule has 1 aliphatic rings. The smallest absolute Gasteiger partial charge is 0.234 e. The molecule has 4 rings (SSSR count). The lowest BCUT2D eigenvalue weighted by Gasteiger charge is -2.28. The van der Waals surface area contributed by atoms with Gasteiger partial charge in [0.1, 0.15) is 17.5 Å². The summed E-state index contributed by atoms with van der Waals surface area (Å²) in [4.78, 5) is 8.90. The number of benzene rings is 1. The molecule has 0 amide bonds. The molecular formula is C20H20F3N3. The van der Waals surface area contributed by atoms with Gasteiger partial charge in [-0.1, -0.05) is 19.8 Å². The Morgan fingerprint density at radius 1 is 1.00 bits per heavy atom. The number of nitrogens with zero attached hydrogens (tertiary/aromatic N) is 3. The fraction of sp³-hybridized carbons (Fsp3) is 0.400. The molecule has 3 nitrogen and oxygen atoms in total. The van der Waals surface area contributed by atoms with Crippen LogP contribution in [-0.4, -0.2) is 14.4 Å². The average Bonchev–Trinajstić information content (AvgIpc) is 3.05. The minimum Gasteiger partial charge on any atom is -0.288 e. The molecule has 3 aromatic rings. The average molecular weight is 359 g/mol. The van der Waals surface area contributed by atoms with Crippen LogP contribution in [0.25, 0.3) is 16.9 Å². The summed E-state index contributed by atoms with van der Waals surface area (Å²) in [6.07, 6.45) is 7.28. The van der Waals surface area contributed by atoms with Crippen molar-refractivity contribution in [3.63, 3.8) is 0 Å². The van der Waals surface area contributed by atoms with Gasteiger partial charge < -0.3 is 0 Å².